The molecule has 51 heavy (non-hydrogen) atoms. The summed E-state index contributed by atoms with van der Waals surface area (Å²) < 4.78 is 28.8. The van der Waals surface area contributed by atoms with Crippen molar-refractivity contribution in [1.29, 1.82) is 0 Å². The van der Waals surface area contributed by atoms with E-state index in [1.807, 2.05) is 191 Å². The van der Waals surface area contributed by atoms with Crippen molar-refractivity contribution in [1.82, 2.24) is 0 Å². The molecule has 0 unspecified atom stereocenters. The van der Waals surface area contributed by atoms with Gasteiger partial charge in [-0.15, -0.1) is 0 Å². The first kappa shape index (κ1) is 59.8. The standard InChI is InChI=1S/C18H15OP.C13H9O2.5C2H6.CH4.3ClH.Eu.Y/c19-20(16-10-4-1-5-11-16,17-12-6-2-7-13-17)18-14-8-3-9-15-18;14-8-7-13(15)12-6-5-10-3-1-2-4-11(10)9-12;5*1-2;;;;;;/h1-15H;1-6,9H,7H2;5*1-2H3;1H4;3*1H;;/q;-1;;;;;;;;;;+3;/p-3. The van der Waals surface area contributed by atoms with Crippen molar-refractivity contribution in [3.63, 3.8) is 0 Å². The van der Waals surface area contributed by atoms with Crippen molar-refractivity contribution in [2.75, 3.05) is 0 Å². The molecular weight excluding hydrogens is 931 g/mol. The van der Waals surface area contributed by atoms with Crippen LogP contribution in [0, 0.1) is 37.0 Å². The molecule has 0 bridgehead atoms. The maximum absolute atomic E-state index is 13.8. The fourth-order valence-electron chi connectivity index (χ4n) is 3.89. The van der Waals surface area contributed by atoms with Gasteiger partial charge in [0.25, 0.3) is 0 Å². The molecule has 5 aromatic rings. The topological polar surface area (TPSA) is 51.2 Å². The Morgan fingerprint density at radius 1 is 0.549 bits per heavy atom. The van der Waals surface area contributed by atoms with Gasteiger partial charge in [0.15, 0.2) is 7.14 Å². The molecule has 0 fully saturated rings. The molecule has 0 heterocycles. The van der Waals surface area contributed by atoms with Crippen LogP contribution in [-0.2, 0) is 42.1 Å². The number of ketones is 1. The second kappa shape index (κ2) is 40.7. The summed E-state index contributed by atoms with van der Waals surface area (Å²) in [5.74, 6) is -0.184. The van der Waals surface area contributed by atoms with Crippen molar-refractivity contribution in [2.24, 2.45) is 0 Å². The van der Waals surface area contributed by atoms with Crippen LogP contribution in [0.2, 0.25) is 0 Å². The monoisotopic (exact) mass is 988 g/mol. The zero-order chi connectivity index (χ0) is 38.1. The molecule has 0 N–H and O–H groups in total. The maximum atomic E-state index is 13.8. The molecule has 0 saturated carbocycles. The molecule has 0 aliphatic heterocycles. The molecule has 9 heteroatoms. The Balaban J connectivity index is -0.000000202. The van der Waals surface area contributed by atoms with Crippen LogP contribution >= 0.6 is 19.6 Å². The Morgan fingerprint density at radius 3 is 1.16 bits per heavy atom. The van der Waals surface area contributed by atoms with E-state index in [4.69, 9.17) is 12.5 Å². The fraction of sp³-hybridized carbons (Fsp3) is 0.286. The molecule has 3 nitrogen and oxygen atoms in total. The van der Waals surface area contributed by atoms with E-state index in [0.29, 0.717) is 5.56 Å². The Labute approximate surface area is 359 Å². The van der Waals surface area contributed by atoms with Gasteiger partial charge in [-0.1, -0.05) is 210 Å². The maximum Gasteiger partial charge on any atom is 0 e. The molecule has 0 saturated heterocycles. The fourth-order valence-corrected chi connectivity index (χ4v) is 6.56. The van der Waals surface area contributed by atoms with Crippen LogP contribution in [0.3, 0.4) is 0 Å². The summed E-state index contributed by atoms with van der Waals surface area (Å²) >= 11 is -2.05. The SMILES string of the molecule is C.CC.CC.CC.CC.CC.O=P(c1ccccc1)(c1ccccc1)c1ccccc1.O=[C-]CC(=O)c1ccc2ccccc2c1.[Cl][Eu]([Cl])[Cl].[Y]. The van der Waals surface area contributed by atoms with Gasteiger partial charge in [-0.3, -0.25) is 11.1 Å². The molecule has 0 amide bonds. The summed E-state index contributed by atoms with van der Waals surface area (Å²) in [5.41, 5.74) is 0.567. The molecular formula is C42H58Cl3EuO3PY-. The van der Waals surface area contributed by atoms with E-state index in [0.717, 1.165) is 26.7 Å². The number of rotatable bonds is 6. The first-order valence-corrected chi connectivity index (χ1v) is 27.5. The second-order valence-electron chi connectivity index (χ2n) is 8.08. The molecule has 5 rings (SSSR count). The Morgan fingerprint density at radius 2 is 0.843 bits per heavy atom. The largest absolute Gasteiger partial charge is 0 e. The Bertz CT molecular complexity index is 1440. The van der Waals surface area contributed by atoms with E-state index in [9.17, 15) is 14.2 Å². The van der Waals surface area contributed by atoms with Gasteiger partial charge in [-0.05, 0) is 16.8 Å². The molecule has 0 atom stereocenters. The summed E-state index contributed by atoms with van der Waals surface area (Å²) in [4.78, 5) is 21.5. The quantitative estimate of drug-likeness (QED) is 0.0737. The molecule has 0 spiro atoms. The summed E-state index contributed by atoms with van der Waals surface area (Å²) in [5, 5.41) is 4.71. The predicted octanol–water partition coefficient (Wildman–Crippen LogP) is 13.7. The number of fused-ring (bicyclic) bond motifs is 1. The van der Waals surface area contributed by atoms with Crippen molar-refractivity contribution < 1.29 is 83.8 Å². The van der Waals surface area contributed by atoms with Crippen LogP contribution in [0.15, 0.2) is 133 Å². The van der Waals surface area contributed by atoms with Crippen molar-refractivity contribution in [2.45, 2.75) is 83.1 Å². The molecule has 1 radical (unpaired) electrons. The molecule has 281 valence electrons. The third kappa shape index (κ3) is 23.8. The van der Waals surface area contributed by atoms with E-state index in [1.54, 1.807) is 18.4 Å². The van der Waals surface area contributed by atoms with Gasteiger partial charge in [0.2, 0.25) is 0 Å². The van der Waals surface area contributed by atoms with Crippen LogP contribution in [-0.4, -0.2) is 12.1 Å². The second-order valence-corrected chi connectivity index (χ2v) is 21.5. The predicted molar refractivity (Wildman–Crippen MR) is 225 cm³/mol. The third-order valence-corrected chi connectivity index (χ3v) is 8.74. The van der Waals surface area contributed by atoms with Gasteiger partial charge in [0.1, 0.15) is 5.78 Å². The number of benzene rings is 5. The smallest absolute Gasteiger partial charge is 0 e. The van der Waals surface area contributed by atoms with Gasteiger partial charge in [0.05, 0.1) is 0 Å². The molecule has 0 aliphatic carbocycles. The number of hydrogen-bond acceptors (Lipinski definition) is 3. The van der Waals surface area contributed by atoms with Crippen molar-refractivity contribution >= 4 is 58.4 Å². The summed E-state index contributed by atoms with van der Waals surface area (Å²) in [7, 11) is -2.78. The van der Waals surface area contributed by atoms with E-state index < -0.39 is 44.1 Å². The van der Waals surface area contributed by atoms with E-state index in [-0.39, 0.29) is 52.3 Å². The minimum Gasteiger partial charge on any atom is 0 e. The zero-order valence-corrected chi connectivity index (χ0v) is 39.6. The third-order valence-electron chi connectivity index (χ3n) is 5.66. The number of carbonyl (C=O) groups excluding carboxylic acids is 2. The van der Waals surface area contributed by atoms with Gasteiger partial charge in [-0.25, -0.2) is 0 Å². The van der Waals surface area contributed by atoms with Gasteiger partial charge in [-0.2, -0.15) is 0 Å². The normalized spacial score (nSPS) is 8.84. The van der Waals surface area contributed by atoms with Crippen molar-refractivity contribution in [3.8, 4) is 0 Å². The number of carbonyl (C=O) groups is 1. The van der Waals surface area contributed by atoms with Gasteiger partial charge < -0.3 is 9.36 Å². The van der Waals surface area contributed by atoms with Crippen LogP contribution in [0.4, 0.5) is 0 Å². The van der Waals surface area contributed by atoms with Crippen LogP contribution in [0.25, 0.3) is 10.8 Å². The minimum absolute atomic E-state index is 0. The average Bonchev–Trinajstić information content (AvgIpc) is 3.19. The van der Waals surface area contributed by atoms with Crippen LogP contribution in [0.1, 0.15) is 93.4 Å². The summed E-state index contributed by atoms with van der Waals surface area (Å²) in [6.45, 7) is 20.0. The van der Waals surface area contributed by atoms with E-state index in [1.165, 1.54) is 0 Å². The first-order chi connectivity index (χ1) is 23.9. The summed E-state index contributed by atoms with van der Waals surface area (Å²) in [6, 6.07) is 42.4. The molecule has 0 aliphatic rings. The zero-order valence-electron chi connectivity index (χ0n) is 31.2. The van der Waals surface area contributed by atoms with Crippen molar-refractivity contribution in [3.05, 3.63) is 139 Å². The van der Waals surface area contributed by atoms with Crippen LogP contribution < -0.4 is 15.9 Å². The van der Waals surface area contributed by atoms with E-state index in [2.05, 4.69) is 0 Å². The Kier molecular flexibility index (Phi) is 47.7. The minimum atomic E-state index is -2.78. The van der Waals surface area contributed by atoms with Crippen LogP contribution in [0.5, 0.6) is 0 Å². The molecule has 0 aromatic heterocycles. The van der Waals surface area contributed by atoms with Gasteiger partial charge in [0, 0.05) is 54.2 Å². The molecule has 5 aromatic carbocycles. The number of Topliss-reactive ketones (excluding diaryl/α,β-unsaturated/α-hetero) is 1. The average molecular weight is 989 g/mol. The Hall–Kier alpha value is -0.512. The van der Waals surface area contributed by atoms with Gasteiger partial charge >= 0.3 is 49.4 Å². The number of halogens is 3. The number of hydrogen-bond donors (Lipinski definition) is 0. The first-order valence-electron chi connectivity index (χ1n) is 16.7. The summed E-state index contributed by atoms with van der Waals surface area (Å²) in [6.07, 6.45) is 1.45. The van der Waals surface area contributed by atoms with E-state index >= 15 is 0 Å².